The summed E-state index contributed by atoms with van der Waals surface area (Å²) in [5, 5.41) is 0.725. The molecule has 3 rings (SSSR count). The van der Waals surface area contributed by atoms with E-state index in [-0.39, 0.29) is 16.4 Å². The number of aliphatic imine (C=N–C) groups is 1. The molecule has 8 heteroatoms. The topological polar surface area (TPSA) is 89.6 Å². The van der Waals surface area contributed by atoms with Crippen LogP contribution >= 0.6 is 23.2 Å². The summed E-state index contributed by atoms with van der Waals surface area (Å²) in [5.41, 5.74) is 9.91. The second-order valence-corrected chi connectivity index (χ2v) is 10.4. The Kier molecular flexibility index (Phi) is 7.42. The molecule has 170 valence electrons. The van der Waals surface area contributed by atoms with E-state index in [2.05, 4.69) is 4.99 Å². The number of aryl methyl sites for hydroxylation is 1. The zero-order valence-electron chi connectivity index (χ0n) is 18.3. The minimum atomic E-state index is -3.33. The zero-order valence-corrected chi connectivity index (χ0v) is 20.6. The number of para-hydroxylation sites is 1. The standard InChI is InChI=1S/C25H22Cl2N2O3S/c1-15-12-18(17-6-4-7-19(13-17)33(3,31)32)10-11-20(15)24(14-23(28)16(2)30)29-25-21(26)8-5-9-22(25)27/h4-14H,28H2,1-3H3/b23-14-,29-24?. The lowest BCUT2D eigenvalue weighted by molar-refractivity contribution is -0.113. The number of benzene rings is 3. The summed E-state index contributed by atoms with van der Waals surface area (Å²) in [6.07, 6.45) is 2.67. The number of nitrogens with two attached hydrogens (primary N) is 1. The third-order valence-corrected chi connectivity index (χ3v) is 6.69. The summed E-state index contributed by atoms with van der Waals surface area (Å²) in [4.78, 5) is 16.7. The van der Waals surface area contributed by atoms with Gasteiger partial charge in [0.1, 0.15) is 5.69 Å². The maximum absolute atomic E-state index is 11.9. The second-order valence-electron chi connectivity index (χ2n) is 7.55. The zero-order chi connectivity index (χ0) is 24.3. The van der Waals surface area contributed by atoms with Gasteiger partial charge in [-0.25, -0.2) is 13.4 Å². The first kappa shape index (κ1) is 24.7. The van der Waals surface area contributed by atoms with E-state index in [0.717, 1.165) is 22.3 Å². The third kappa shape index (κ3) is 5.90. The lowest BCUT2D eigenvalue weighted by atomic mass is 9.96. The van der Waals surface area contributed by atoms with Gasteiger partial charge < -0.3 is 5.73 Å². The Hall–Kier alpha value is -2.93. The number of Topliss-reactive ketones (excluding diaryl/α,β-unsaturated/α-hetero) is 1. The van der Waals surface area contributed by atoms with E-state index < -0.39 is 9.84 Å². The number of carbonyl (C=O) groups excluding carboxylic acids is 1. The van der Waals surface area contributed by atoms with Gasteiger partial charge in [-0.05, 0) is 54.0 Å². The summed E-state index contributed by atoms with van der Waals surface area (Å²) >= 11 is 12.6. The van der Waals surface area contributed by atoms with Crippen molar-refractivity contribution in [2.24, 2.45) is 10.7 Å². The Balaban J connectivity index is 2.16. The van der Waals surface area contributed by atoms with E-state index in [0.29, 0.717) is 21.4 Å². The smallest absolute Gasteiger partial charge is 0.175 e. The number of halogens is 2. The molecular weight excluding hydrogens is 479 g/mol. The van der Waals surface area contributed by atoms with Gasteiger partial charge in [-0.15, -0.1) is 0 Å². The second kappa shape index (κ2) is 9.91. The molecule has 3 aromatic rings. The molecule has 0 saturated heterocycles. The van der Waals surface area contributed by atoms with Gasteiger partial charge in [0.2, 0.25) is 0 Å². The number of allylic oxidation sites excluding steroid dienone is 2. The largest absolute Gasteiger partial charge is 0.396 e. The maximum Gasteiger partial charge on any atom is 0.175 e. The molecule has 0 saturated carbocycles. The van der Waals surface area contributed by atoms with Crippen molar-refractivity contribution in [2.45, 2.75) is 18.7 Å². The maximum atomic E-state index is 11.9. The molecule has 0 bridgehead atoms. The van der Waals surface area contributed by atoms with Gasteiger partial charge in [-0.3, -0.25) is 4.79 Å². The van der Waals surface area contributed by atoms with Gasteiger partial charge in [0, 0.05) is 18.7 Å². The van der Waals surface area contributed by atoms with E-state index in [1.54, 1.807) is 36.4 Å². The fourth-order valence-electron chi connectivity index (χ4n) is 3.17. The van der Waals surface area contributed by atoms with Gasteiger partial charge >= 0.3 is 0 Å². The predicted octanol–water partition coefficient (Wildman–Crippen LogP) is 5.92. The van der Waals surface area contributed by atoms with Crippen molar-refractivity contribution >= 4 is 50.2 Å². The highest BCUT2D eigenvalue weighted by atomic mass is 35.5. The van der Waals surface area contributed by atoms with Crippen LogP contribution in [-0.4, -0.2) is 26.2 Å². The molecule has 0 aliphatic rings. The van der Waals surface area contributed by atoms with Crippen molar-refractivity contribution in [3.8, 4) is 11.1 Å². The van der Waals surface area contributed by atoms with Crippen LogP contribution in [0.25, 0.3) is 11.1 Å². The number of ketones is 1. The molecule has 0 aromatic heterocycles. The molecule has 3 aromatic carbocycles. The SMILES string of the molecule is CC(=O)/C(N)=C/C(=Nc1c(Cl)cccc1Cl)c1ccc(-c2cccc(S(C)(=O)=O)c2)cc1C. The van der Waals surface area contributed by atoms with E-state index in [1.807, 2.05) is 31.2 Å². The lowest BCUT2D eigenvalue weighted by Crippen LogP contribution is -2.11. The molecule has 0 unspecified atom stereocenters. The third-order valence-electron chi connectivity index (χ3n) is 4.97. The van der Waals surface area contributed by atoms with Crippen LogP contribution in [0.15, 0.2) is 82.3 Å². The van der Waals surface area contributed by atoms with Crippen molar-refractivity contribution in [2.75, 3.05) is 6.26 Å². The van der Waals surface area contributed by atoms with Crippen LogP contribution in [0.1, 0.15) is 18.1 Å². The molecule has 0 heterocycles. The highest BCUT2D eigenvalue weighted by molar-refractivity contribution is 7.90. The Morgan fingerprint density at radius 1 is 0.970 bits per heavy atom. The Labute approximate surface area is 203 Å². The molecular formula is C25H22Cl2N2O3S. The lowest BCUT2D eigenvalue weighted by Gasteiger charge is -2.12. The first-order valence-corrected chi connectivity index (χ1v) is 12.5. The highest BCUT2D eigenvalue weighted by Crippen LogP contribution is 2.34. The first-order chi connectivity index (χ1) is 15.5. The highest BCUT2D eigenvalue weighted by Gasteiger charge is 2.13. The summed E-state index contributed by atoms with van der Waals surface area (Å²) < 4.78 is 23.9. The van der Waals surface area contributed by atoms with Gasteiger partial charge in [-0.1, -0.05) is 59.6 Å². The molecule has 0 radical (unpaired) electrons. The van der Waals surface area contributed by atoms with Crippen molar-refractivity contribution < 1.29 is 13.2 Å². The Morgan fingerprint density at radius 2 is 1.58 bits per heavy atom. The fourth-order valence-corrected chi connectivity index (χ4v) is 4.32. The van der Waals surface area contributed by atoms with E-state index in [4.69, 9.17) is 28.9 Å². The minimum Gasteiger partial charge on any atom is -0.396 e. The molecule has 0 spiro atoms. The first-order valence-electron chi connectivity index (χ1n) is 9.89. The van der Waals surface area contributed by atoms with Crippen LogP contribution in [0.5, 0.6) is 0 Å². The van der Waals surface area contributed by atoms with Crippen molar-refractivity contribution in [1.82, 2.24) is 0 Å². The van der Waals surface area contributed by atoms with E-state index >= 15 is 0 Å². The summed E-state index contributed by atoms with van der Waals surface area (Å²) in [6.45, 7) is 3.26. The van der Waals surface area contributed by atoms with E-state index in [9.17, 15) is 13.2 Å². The molecule has 0 aliphatic heterocycles. The Morgan fingerprint density at radius 3 is 2.15 bits per heavy atom. The number of sulfone groups is 1. The van der Waals surface area contributed by atoms with Gasteiger partial charge in [-0.2, -0.15) is 0 Å². The average Bonchev–Trinajstić information content (AvgIpc) is 2.75. The number of rotatable bonds is 6. The van der Waals surface area contributed by atoms with Crippen LogP contribution < -0.4 is 5.73 Å². The Bertz CT molecular complexity index is 1390. The average molecular weight is 501 g/mol. The summed E-state index contributed by atoms with van der Waals surface area (Å²) in [6, 6.07) is 17.4. The molecule has 33 heavy (non-hydrogen) atoms. The van der Waals surface area contributed by atoms with Gasteiger partial charge in [0.05, 0.1) is 26.3 Å². The minimum absolute atomic E-state index is 0.0428. The molecule has 0 aliphatic carbocycles. The van der Waals surface area contributed by atoms with Crippen LogP contribution in [0, 0.1) is 6.92 Å². The summed E-state index contributed by atoms with van der Waals surface area (Å²) in [7, 11) is -3.33. The molecule has 0 fully saturated rings. The van der Waals surface area contributed by atoms with Gasteiger partial charge in [0.15, 0.2) is 15.6 Å². The number of nitrogens with zero attached hydrogens (tertiary/aromatic N) is 1. The molecule has 2 N–H and O–H groups in total. The van der Waals surface area contributed by atoms with Crippen LogP contribution in [0.3, 0.4) is 0 Å². The number of carbonyl (C=O) groups is 1. The molecule has 5 nitrogen and oxygen atoms in total. The molecule has 0 amide bonds. The van der Waals surface area contributed by atoms with E-state index in [1.165, 1.54) is 19.3 Å². The predicted molar refractivity (Wildman–Crippen MR) is 135 cm³/mol. The van der Waals surface area contributed by atoms with Crippen LogP contribution in [0.2, 0.25) is 10.0 Å². The van der Waals surface area contributed by atoms with Gasteiger partial charge in [0.25, 0.3) is 0 Å². The molecule has 0 atom stereocenters. The van der Waals surface area contributed by atoms with Crippen LogP contribution in [0.4, 0.5) is 5.69 Å². The quantitative estimate of drug-likeness (QED) is 0.335. The summed E-state index contributed by atoms with van der Waals surface area (Å²) in [5.74, 6) is -0.292. The number of hydrogen-bond donors (Lipinski definition) is 1. The van der Waals surface area contributed by atoms with Crippen molar-refractivity contribution in [3.63, 3.8) is 0 Å². The number of hydrogen-bond acceptors (Lipinski definition) is 5. The van der Waals surface area contributed by atoms with Crippen LogP contribution in [-0.2, 0) is 14.6 Å². The van der Waals surface area contributed by atoms with Crippen molar-refractivity contribution in [3.05, 3.63) is 93.6 Å². The monoisotopic (exact) mass is 500 g/mol. The fraction of sp³-hybridized carbons (Fsp3) is 0.120. The van der Waals surface area contributed by atoms with Crippen molar-refractivity contribution in [1.29, 1.82) is 0 Å². The normalized spacial score (nSPS) is 12.6.